The average Bonchev–Trinajstić information content (AvgIpc) is 1.61. The van der Waals surface area contributed by atoms with E-state index in [-0.39, 0.29) is 0 Å². The molecule has 12 heteroatoms. The maximum Gasteiger partial charge on any atom is 0.246 e. The Morgan fingerprint density at radius 3 is 1.06 bits per heavy atom. The molecule has 0 fully saturated rings. The highest BCUT2D eigenvalue weighted by molar-refractivity contribution is 7.26. The van der Waals surface area contributed by atoms with Gasteiger partial charge >= 0.3 is 0 Å². The van der Waals surface area contributed by atoms with E-state index in [4.69, 9.17) is 47.6 Å². The number of hydrogen-bond donors (Lipinski definition) is 0. The van der Waals surface area contributed by atoms with Crippen LogP contribution >= 0.6 is 11.3 Å². The quantitative estimate of drug-likeness (QED) is 0.137. The van der Waals surface area contributed by atoms with E-state index in [2.05, 4.69) is 326 Å². The van der Waals surface area contributed by atoms with Crippen molar-refractivity contribution in [1.82, 2.24) is 34.5 Å². The molecule has 27 rings (SSSR count). The molecule has 588 valence electrons. The molecule has 0 aliphatic heterocycles. The molecule has 27 aromatic rings. The number of aromatic nitrogens is 7. The van der Waals surface area contributed by atoms with Crippen LogP contribution in [-0.2, 0) is 0 Å². The van der Waals surface area contributed by atoms with Gasteiger partial charge in [0.1, 0.15) is 44.5 Å². The Hall–Kier alpha value is -16.8. The van der Waals surface area contributed by atoms with Gasteiger partial charge in [-0.3, -0.25) is 0 Å². The summed E-state index contributed by atoms with van der Waals surface area (Å²) in [5.41, 5.74) is 28.6. The van der Waals surface area contributed by atoms with Gasteiger partial charge in [0.2, 0.25) is 17.1 Å². The fraction of sp³-hybridized carbons (Fsp3) is 0. The van der Waals surface area contributed by atoms with Crippen molar-refractivity contribution in [3.05, 3.63) is 407 Å². The molecule has 11 nitrogen and oxygen atoms in total. The molecule has 0 spiro atoms. The zero-order valence-corrected chi connectivity index (χ0v) is 68.2. The zero-order valence-electron chi connectivity index (χ0n) is 67.4. The lowest BCUT2D eigenvalue weighted by atomic mass is 9.96. The summed E-state index contributed by atoms with van der Waals surface area (Å²) in [6, 6.07) is 136. The molecule has 18 aromatic carbocycles. The lowest BCUT2D eigenvalue weighted by Gasteiger charge is -2.11. The maximum atomic E-state index is 6.32. The third-order valence-corrected chi connectivity index (χ3v) is 25.8. The van der Waals surface area contributed by atoms with E-state index in [1.165, 1.54) is 53.1 Å². The predicted octanol–water partition coefficient (Wildman–Crippen LogP) is 31.3. The van der Waals surface area contributed by atoms with Crippen molar-refractivity contribution in [1.29, 1.82) is 0 Å². The van der Waals surface area contributed by atoms with Crippen LogP contribution in [0.2, 0.25) is 0 Å². The molecule has 0 saturated heterocycles. The van der Waals surface area contributed by atoms with Gasteiger partial charge in [-0.25, -0.2) is 29.9 Å². The molecule has 0 radical (unpaired) electrons. The van der Waals surface area contributed by atoms with Crippen LogP contribution in [0.1, 0.15) is 0 Å². The summed E-state index contributed by atoms with van der Waals surface area (Å²) in [7, 11) is 0. The summed E-state index contributed by atoms with van der Waals surface area (Å²) in [6.07, 6.45) is 5.56. The smallest absolute Gasteiger partial charge is 0.246 e. The van der Waals surface area contributed by atoms with Crippen molar-refractivity contribution in [3.63, 3.8) is 0 Å². The van der Waals surface area contributed by atoms with Crippen LogP contribution in [0, 0.1) is 0 Å². The molecule has 9 heterocycles. The van der Waals surface area contributed by atoms with Crippen molar-refractivity contribution in [2.45, 2.75) is 0 Å². The number of rotatable bonds is 9. The van der Waals surface area contributed by atoms with Crippen LogP contribution in [0.15, 0.2) is 425 Å². The Labute approximate surface area is 723 Å². The molecule has 0 saturated carbocycles. The van der Waals surface area contributed by atoms with Gasteiger partial charge in [0, 0.05) is 69.7 Å². The van der Waals surface area contributed by atoms with E-state index >= 15 is 0 Å². The fourth-order valence-electron chi connectivity index (χ4n) is 18.6. The SMILES string of the molecule is c1cc(-c2cccc(-c3cccc4c3oc3ccccc34)c2)cc(-c2cnc3c(n2)oc2ccc4ccccc4c23)c1.c1cc(-c2cccc(-c3cccc4c3sc3ccccc34)c2)cc(-c2cnc3c(n2)oc2ccc4ccccc4c23)c1.c1cc(-c2cccc(-n3c4ccccc4c4ccccc43)c2)cc(-c2cnc3c(n2)oc2ccc4ccccc4c23)c1. The molecule has 126 heavy (non-hydrogen) atoms. The highest BCUT2D eigenvalue weighted by Gasteiger charge is 2.22. The minimum Gasteiger partial charge on any atom is -0.455 e. The van der Waals surface area contributed by atoms with E-state index in [0.717, 1.165) is 188 Å². The second kappa shape index (κ2) is 29.5. The zero-order chi connectivity index (χ0) is 82.9. The molecule has 0 amide bonds. The number of fused-ring (bicyclic) bond motifs is 24. The van der Waals surface area contributed by atoms with Gasteiger partial charge in [0.05, 0.1) is 62.9 Å². The van der Waals surface area contributed by atoms with Gasteiger partial charge in [-0.15, -0.1) is 11.3 Å². The van der Waals surface area contributed by atoms with Crippen LogP contribution in [0.4, 0.5) is 0 Å². The Kier molecular flexibility index (Phi) is 16.9. The first-order valence-electron chi connectivity index (χ1n) is 42.1. The van der Waals surface area contributed by atoms with Crippen LogP contribution < -0.4 is 0 Å². The molecule has 0 bridgehead atoms. The van der Waals surface area contributed by atoms with Crippen molar-refractivity contribution >= 4 is 174 Å². The third-order valence-electron chi connectivity index (χ3n) is 24.5. The van der Waals surface area contributed by atoms with E-state index in [0.29, 0.717) is 17.1 Å². The van der Waals surface area contributed by atoms with Crippen molar-refractivity contribution < 1.29 is 17.7 Å². The number of para-hydroxylation sites is 4. The summed E-state index contributed by atoms with van der Waals surface area (Å²) in [5, 5.41) is 17.3. The van der Waals surface area contributed by atoms with Crippen LogP contribution in [0.25, 0.3) is 258 Å². The second-order valence-corrected chi connectivity index (χ2v) is 32.9. The third kappa shape index (κ3) is 12.2. The van der Waals surface area contributed by atoms with E-state index in [1.54, 1.807) is 0 Å². The second-order valence-electron chi connectivity index (χ2n) is 31.9. The molecule has 0 unspecified atom stereocenters. The molecule has 0 aliphatic rings. The topological polar surface area (TPSA) is 135 Å². The highest BCUT2D eigenvalue weighted by Crippen LogP contribution is 2.45. The van der Waals surface area contributed by atoms with Crippen molar-refractivity contribution in [2.24, 2.45) is 0 Å². The van der Waals surface area contributed by atoms with E-state index in [9.17, 15) is 0 Å². The first-order valence-corrected chi connectivity index (χ1v) is 42.9. The van der Waals surface area contributed by atoms with Gasteiger partial charge in [-0.05, 0) is 167 Å². The number of furan rings is 4. The summed E-state index contributed by atoms with van der Waals surface area (Å²) in [6.45, 7) is 0. The monoisotopic (exact) mass is 1630 g/mol. The molecule has 0 N–H and O–H groups in total. The maximum absolute atomic E-state index is 6.32. The Balaban J connectivity index is 0.000000103. The standard InChI is InChI=1S/C38H23N3O.C38H22N2O2.C38H22N2OS/c1-2-14-29-24(9-1)19-20-35-36(29)37-38(42-35)40-32(23-39-37)27-12-7-10-25(21-27)26-11-8-13-28(22-26)41-33-17-5-3-15-30(33)31-16-4-6-18-34(31)41;1-2-13-28-23(8-1)18-19-34-35(28)36-38(42-34)40-32(22-39-36)27-12-6-10-25(21-27)24-9-5-11-26(20-24)29-15-7-16-31-30-14-3-4-17-33(30)41-37(29)31;1-2-13-28-23(8-1)18-19-33-35(28)36-38(41-33)40-32(22-39-36)27-12-6-10-25(21-27)24-9-5-11-26(20-24)29-15-7-16-31-30-14-3-4-17-34(30)42-37(29)31/h1-23H;2*1-22H. The normalized spacial score (nSPS) is 11.8. The van der Waals surface area contributed by atoms with E-state index < -0.39 is 0 Å². The number of nitrogens with zero attached hydrogens (tertiary/aromatic N) is 7. The summed E-state index contributed by atoms with van der Waals surface area (Å²) in [4.78, 5) is 29.3. The Morgan fingerprint density at radius 1 is 0.230 bits per heavy atom. The van der Waals surface area contributed by atoms with Crippen LogP contribution in [-0.4, -0.2) is 34.5 Å². The number of benzene rings is 18. The summed E-state index contributed by atoms with van der Waals surface area (Å²) < 4.78 is 29.9. The van der Waals surface area contributed by atoms with Crippen LogP contribution in [0.5, 0.6) is 0 Å². The Bertz CT molecular complexity index is 8710. The predicted molar refractivity (Wildman–Crippen MR) is 518 cm³/mol. The number of thiophene rings is 1. The minimum atomic E-state index is 0.546. The molecular formula is C114H67N7O4S. The van der Waals surface area contributed by atoms with Gasteiger partial charge in [0.15, 0.2) is 0 Å². The average molecular weight is 1630 g/mol. The first-order chi connectivity index (χ1) is 62.4. The Morgan fingerprint density at radius 2 is 0.579 bits per heavy atom. The van der Waals surface area contributed by atoms with Gasteiger partial charge in [-0.2, -0.15) is 0 Å². The minimum absolute atomic E-state index is 0.546. The van der Waals surface area contributed by atoms with Gasteiger partial charge in [-0.1, -0.05) is 303 Å². The molecule has 0 aliphatic carbocycles. The fourth-order valence-corrected chi connectivity index (χ4v) is 19.8. The lowest BCUT2D eigenvalue weighted by molar-refractivity contribution is 0.653. The first kappa shape index (κ1) is 72.1. The highest BCUT2D eigenvalue weighted by atomic mass is 32.1. The molecule has 0 atom stereocenters. The van der Waals surface area contributed by atoms with Crippen LogP contribution in [0.3, 0.4) is 0 Å². The largest absolute Gasteiger partial charge is 0.455 e. The lowest BCUT2D eigenvalue weighted by Crippen LogP contribution is -1.94. The van der Waals surface area contributed by atoms with Gasteiger partial charge < -0.3 is 22.2 Å². The van der Waals surface area contributed by atoms with Crippen molar-refractivity contribution in [3.8, 4) is 95.1 Å². The molecule has 9 aromatic heterocycles. The van der Waals surface area contributed by atoms with E-state index in [1.807, 2.05) is 96.7 Å². The molecular weight excluding hydrogens is 1560 g/mol. The van der Waals surface area contributed by atoms with Gasteiger partial charge in [0.25, 0.3) is 0 Å². The number of hydrogen-bond acceptors (Lipinski definition) is 11. The van der Waals surface area contributed by atoms with Crippen molar-refractivity contribution in [2.75, 3.05) is 0 Å². The summed E-state index contributed by atoms with van der Waals surface area (Å²) in [5.74, 6) is 0. The summed E-state index contributed by atoms with van der Waals surface area (Å²) >= 11 is 1.86.